The molecule has 2 aromatic heterocycles. The summed E-state index contributed by atoms with van der Waals surface area (Å²) in [5.41, 5.74) is 2.41. The first-order chi connectivity index (χ1) is 14.1. The lowest BCUT2D eigenvalue weighted by molar-refractivity contribution is 0.183. The Morgan fingerprint density at radius 3 is 2.34 bits per heavy atom. The zero-order valence-corrected chi connectivity index (χ0v) is 16.8. The lowest BCUT2D eigenvalue weighted by Crippen LogP contribution is -2.42. The van der Waals surface area contributed by atoms with Crippen molar-refractivity contribution in [2.45, 2.75) is 63.6 Å². The third kappa shape index (κ3) is 5.83. The molecule has 3 N–H and O–H groups in total. The van der Waals surface area contributed by atoms with Gasteiger partial charge in [-0.25, -0.2) is 14.8 Å². The van der Waals surface area contributed by atoms with Gasteiger partial charge in [0.05, 0.1) is 36.9 Å². The van der Waals surface area contributed by atoms with Crippen LogP contribution < -0.4 is 15.4 Å². The molecule has 9 heteroatoms. The molecular formula is C20H28N6O3. The second kappa shape index (κ2) is 10.1. The van der Waals surface area contributed by atoms with Gasteiger partial charge in [0.1, 0.15) is 0 Å². The monoisotopic (exact) mass is 400 g/mol. The molecule has 0 aliphatic heterocycles. The average Bonchev–Trinajstić information content (AvgIpc) is 2.74. The van der Waals surface area contributed by atoms with E-state index in [-0.39, 0.29) is 12.1 Å². The first-order valence-corrected chi connectivity index (χ1v) is 10.0. The maximum absolute atomic E-state index is 10.8. The summed E-state index contributed by atoms with van der Waals surface area (Å²) >= 11 is 0. The summed E-state index contributed by atoms with van der Waals surface area (Å²) in [7, 11) is 1.53. The molecule has 29 heavy (non-hydrogen) atoms. The van der Waals surface area contributed by atoms with E-state index in [1.54, 1.807) is 18.6 Å². The molecule has 1 atom stereocenters. The SMILES string of the molecule is CCCC(NC1CCC(NC(=O)O)CC1)c1cnc(-c2cnc(OC)nc2)cn1. The minimum Gasteiger partial charge on any atom is -0.467 e. The van der Waals surface area contributed by atoms with E-state index in [0.29, 0.717) is 17.7 Å². The van der Waals surface area contributed by atoms with Crippen LogP contribution in [-0.2, 0) is 0 Å². The number of aromatic nitrogens is 4. The number of nitrogens with one attached hydrogen (secondary N) is 2. The number of methoxy groups -OCH3 is 1. The number of carbonyl (C=O) groups is 1. The van der Waals surface area contributed by atoms with Gasteiger partial charge in [-0.3, -0.25) is 9.97 Å². The van der Waals surface area contributed by atoms with Crippen LogP contribution in [0, 0.1) is 0 Å². The molecule has 1 unspecified atom stereocenters. The van der Waals surface area contributed by atoms with Crippen molar-refractivity contribution in [3.05, 3.63) is 30.5 Å². The maximum atomic E-state index is 10.8. The molecular weight excluding hydrogens is 372 g/mol. The summed E-state index contributed by atoms with van der Waals surface area (Å²) < 4.78 is 4.98. The van der Waals surface area contributed by atoms with Crippen molar-refractivity contribution < 1.29 is 14.6 Å². The fourth-order valence-electron chi connectivity index (χ4n) is 3.69. The summed E-state index contributed by atoms with van der Waals surface area (Å²) in [6.07, 6.45) is 11.5. The molecule has 9 nitrogen and oxygen atoms in total. The number of rotatable bonds is 8. The van der Waals surface area contributed by atoms with Gasteiger partial charge in [-0.15, -0.1) is 0 Å². The average molecular weight is 400 g/mol. The Balaban J connectivity index is 1.62. The van der Waals surface area contributed by atoms with Crippen molar-refractivity contribution in [2.75, 3.05) is 7.11 Å². The van der Waals surface area contributed by atoms with E-state index in [1.807, 2.05) is 6.20 Å². The topological polar surface area (TPSA) is 122 Å². The lowest BCUT2D eigenvalue weighted by Gasteiger charge is -2.32. The molecule has 0 aromatic carbocycles. The van der Waals surface area contributed by atoms with Crippen molar-refractivity contribution in [1.29, 1.82) is 0 Å². The van der Waals surface area contributed by atoms with Crippen LogP contribution in [0.4, 0.5) is 4.79 Å². The van der Waals surface area contributed by atoms with E-state index in [4.69, 9.17) is 9.84 Å². The Kier molecular flexibility index (Phi) is 7.29. The molecule has 2 aromatic rings. The Morgan fingerprint density at radius 2 is 1.79 bits per heavy atom. The van der Waals surface area contributed by atoms with Gasteiger partial charge in [0.15, 0.2) is 0 Å². The number of hydrogen-bond donors (Lipinski definition) is 3. The summed E-state index contributed by atoms with van der Waals surface area (Å²) in [6, 6.07) is 0.859. The second-order valence-electron chi connectivity index (χ2n) is 7.29. The predicted molar refractivity (Wildman–Crippen MR) is 108 cm³/mol. The number of ether oxygens (including phenoxy) is 1. The molecule has 0 radical (unpaired) electrons. The van der Waals surface area contributed by atoms with E-state index in [9.17, 15) is 4.79 Å². The molecule has 1 aliphatic rings. The Labute approximate surface area is 170 Å². The third-order valence-corrected chi connectivity index (χ3v) is 5.20. The van der Waals surface area contributed by atoms with Crippen molar-refractivity contribution in [3.8, 4) is 17.3 Å². The van der Waals surface area contributed by atoms with Crippen molar-refractivity contribution in [3.63, 3.8) is 0 Å². The van der Waals surface area contributed by atoms with Gasteiger partial charge >= 0.3 is 12.1 Å². The van der Waals surface area contributed by atoms with Crippen LogP contribution in [0.3, 0.4) is 0 Å². The zero-order chi connectivity index (χ0) is 20.6. The van der Waals surface area contributed by atoms with Gasteiger partial charge in [-0.05, 0) is 32.1 Å². The molecule has 1 amide bonds. The van der Waals surface area contributed by atoms with Crippen molar-refractivity contribution in [1.82, 2.24) is 30.6 Å². The van der Waals surface area contributed by atoms with Crippen LogP contribution in [0.1, 0.15) is 57.2 Å². The minimum atomic E-state index is -0.942. The molecule has 1 aliphatic carbocycles. The van der Waals surface area contributed by atoms with Gasteiger partial charge in [-0.1, -0.05) is 13.3 Å². The van der Waals surface area contributed by atoms with Gasteiger partial charge < -0.3 is 20.5 Å². The zero-order valence-electron chi connectivity index (χ0n) is 16.8. The largest absolute Gasteiger partial charge is 0.467 e. The van der Waals surface area contributed by atoms with E-state index in [2.05, 4.69) is 37.5 Å². The quantitative estimate of drug-likeness (QED) is 0.618. The van der Waals surface area contributed by atoms with Gasteiger partial charge in [0.25, 0.3) is 0 Å². The van der Waals surface area contributed by atoms with Crippen LogP contribution in [0.2, 0.25) is 0 Å². The van der Waals surface area contributed by atoms with Gasteiger partial charge in [-0.2, -0.15) is 0 Å². The van der Waals surface area contributed by atoms with Crippen LogP contribution in [0.25, 0.3) is 11.3 Å². The highest BCUT2D eigenvalue weighted by atomic mass is 16.5. The van der Waals surface area contributed by atoms with E-state index < -0.39 is 6.09 Å². The standard InChI is InChI=1S/C20H28N6O3/c1-3-4-16(25-14-5-7-15(8-6-14)26-20(27)28)18-12-21-17(11-22-18)13-9-23-19(29-2)24-10-13/h9-12,14-16,25-26H,3-8H2,1-2H3,(H,27,28). The maximum Gasteiger partial charge on any atom is 0.404 e. The number of amides is 1. The van der Waals surface area contributed by atoms with Crippen molar-refractivity contribution in [2.24, 2.45) is 0 Å². The van der Waals surface area contributed by atoms with Gasteiger partial charge in [0.2, 0.25) is 0 Å². The first kappa shape index (κ1) is 20.9. The first-order valence-electron chi connectivity index (χ1n) is 10.0. The Hall–Kier alpha value is -2.81. The number of nitrogens with zero attached hydrogens (tertiary/aromatic N) is 4. The highest BCUT2D eigenvalue weighted by molar-refractivity contribution is 5.64. The lowest BCUT2D eigenvalue weighted by atomic mass is 9.90. The Morgan fingerprint density at radius 1 is 1.10 bits per heavy atom. The molecule has 1 saturated carbocycles. The summed E-state index contributed by atoms with van der Waals surface area (Å²) in [6.45, 7) is 2.15. The van der Waals surface area contributed by atoms with E-state index >= 15 is 0 Å². The van der Waals surface area contributed by atoms with Crippen LogP contribution in [-0.4, -0.2) is 50.3 Å². The normalized spacial score (nSPS) is 20.1. The molecule has 3 rings (SSSR count). The fourth-order valence-corrected chi connectivity index (χ4v) is 3.69. The van der Waals surface area contributed by atoms with Crippen LogP contribution in [0.5, 0.6) is 6.01 Å². The molecule has 0 bridgehead atoms. The number of carboxylic acid groups (broad SMARTS) is 1. The van der Waals surface area contributed by atoms with Crippen LogP contribution in [0.15, 0.2) is 24.8 Å². The highest BCUT2D eigenvalue weighted by Gasteiger charge is 2.25. The summed E-state index contributed by atoms with van der Waals surface area (Å²) in [4.78, 5) is 28.2. The molecule has 0 saturated heterocycles. The highest BCUT2D eigenvalue weighted by Crippen LogP contribution is 2.24. The summed E-state index contributed by atoms with van der Waals surface area (Å²) in [5.74, 6) is 0. The molecule has 1 fully saturated rings. The van der Waals surface area contributed by atoms with Gasteiger partial charge in [0, 0.05) is 30.0 Å². The third-order valence-electron chi connectivity index (χ3n) is 5.20. The Bertz CT molecular complexity index is 776. The second-order valence-corrected chi connectivity index (χ2v) is 7.29. The number of hydrogen-bond acceptors (Lipinski definition) is 7. The van der Waals surface area contributed by atoms with E-state index in [0.717, 1.165) is 49.8 Å². The molecule has 2 heterocycles. The fraction of sp³-hybridized carbons (Fsp3) is 0.550. The van der Waals surface area contributed by atoms with Crippen molar-refractivity contribution >= 4 is 6.09 Å². The van der Waals surface area contributed by atoms with Crippen LogP contribution >= 0.6 is 0 Å². The smallest absolute Gasteiger partial charge is 0.404 e. The predicted octanol–water partition coefficient (Wildman–Crippen LogP) is 2.95. The molecule has 0 spiro atoms. The minimum absolute atomic E-state index is 0.0564. The molecule has 156 valence electrons. The summed E-state index contributed by atoms with van der Waals surface area (Å²) in [5, 5.41) is 15.2. The van der Waals surface area contributed by atoms with E-state index in [1.165, 1.54) is 7.11 Å².